The van der Waals surface area contributed by atoms with Crippen molar-refractivity contribution < 1.29 is 43.1 Å². The molecule has 0 amide bonds. The Kier molecular flexibility index (Phi) is 6.63. The van der Waals surface area contributed by atoms with Gasteiger partial charge in [-0.05, 0) is 24.9 Å². The van der Waals surface area contributed by atoms with Gasteiger partial charge >= 0.3 is 29.6 Å². The van der Waals surface area contributed by atoms with Crippen molar-refractivity contribution in [1.29, 1.82) is 0 Å². The van der Waals surface area contributed by atoms with Gasteiger partial charge in [-0.1, -0.05) is 0 Å². The van der Waals surface area contributed by atoms with E-state index in [1.807, 2.05) is 6.92 Å². The van der Waals surface area contributed by atoms with Gasteiger partial charge in [0.25, 0.3) is 0 Å². The summed E-state index contributed by atoms with van der Waals surface area (Å²) in [6, 6.07) is 0. The Bertz CT molecular complexity index is 371. The maximum atomic E-state index is 10.5. The fourth-order valence-corrected chi connectivity index (χ4v) is 1.84. The number of rotatable bonds is 3. The molecular weight excluding hydrogens is 225 g/mol. The molecule has 0 aliphatic heterocycles. The third kappa shape index (κ3) is 3.85. The second kappa shape index (κ2) is 6.60. The summed E-state index contributed by atoms with van der Waals surface area (Å²) < 4.78 is 26.2. The number of hydrogen-bond acceptors (Lipinski definition) is 4. The Labute approximate surface area is 114 Å². The third-order valence-electron chi connectivity index (χ3n) is 2.00. The Morgan fingerprint density at radius 2 is 2.13 bits per heavy atom. The minimum atomic E-state index is -2.11. The molecule has 0 N–H and O–H groups in total. The van der Waals surface area contributed by atoms with Crippen molar-refractivity contribution in [3.05, 3.63) is 23.0 Å². The van der Waals surface area contributed by atoms with Crippen LogP contribution in [-0.2, 0) is 16.8 Å². The number of hydrogen-bond donors (Lipinski definition) is 0. The van der Waals surface area contributed by atoms with E-state index in [4.69, 9.17) is 4.74 Å². The number of methoxy groups -OCH3 is 1. The van der Waals surface area contributed by atoms with E-state index in [1.165, 1.54) is 0 Å². The Morgan fingerprint density at radius 3 is 2.60 bits per heavy atom. The number of aryl methyl sites for hydroxylation is 1. The maximum absolute atomic E-state index is 10.5. The first kappa shape index (κ1) is 15.1. The van der Waals surface area contributed by atoms with Crippen molar-refractivity contribution >= 4 is 11.1 Å². The van der Waals surface area contributed by atoms with E-state index in [1.54, 1.807) is 20.2 Å². The van der Waals surface area contributed by atoms with Crippen LogP contribution in [0.4, 0.5) is 0 Å². The summed E-state index contributed by atoms with van der Waals surface area (Å²) in [7, 11) is 1.56. The van der Waals surface area contributed by atoms with Gasteiger partial charge in [0, 0.05) is 17.3 Å². The van der Waals surface area contributed by atoms with Crippen molar-refractivity contribution in [3.63, 3.8) is 0 Å². The second-order valence-electron chi connectivity index (χ2n) is 2.99. The monoisotopic (exact) mass is 237 g/mol. The Hall–Kier alpha value is 0.0600. The molecule has 1 heterocycles. The minimum Gasteiger partial charge on any atom is -0.772 e. The summed E-state index contributed by atoms with van der Waals surface area (Å²) >= 11 is -2.11. The van der Waals surface area contributed by atoms with Crippen molar-refractivity contribution in [2.45, 2.75) is 19.6 Å². The van der Waals surface area contributed by atoms with E-state index < -0.39 is 11.1 Å². The van der Waals surface area contributed by atoms with E-state index in [9.17, 15) is 8.76 Å². The van der Waals surface area contributed by atoms with Crippen LogP contribution >= 0.6 is 0 Å². The molecule has 0 bridgehead atoms. The molecule has 1 atom stereocenters. The zero-order valence-corrected chi connectivity index (χ0v) is 12.2. The van der Waals surface area contributed by atoms with Crippen molar-refractivity contribution in [2.24, 2.45) is 0 Å². The second-order valence-corrected chi connectivity index (χ2v) is 3.89. The van der Waals surface area contributed by atoms with Gasteiger partial charge in [0.2, 0.25) is 0 Å². The summed E-state index contributed by atoms with van der Waals surface area (Å²) in [6.07, 6.45) is 1.62. The molecule has 0 aromatic carbocycles. The van der Waals surface area contributed by atoms with E-state index in [0.29, 0.717) is 11.4 Å². The van der Waals surface area contributed by atoms with Crippen LogP contribution in [0, 0.1) is 13.8 Å². The topological polar surface area (TPSA) is 62.2 Å². The smallest absolute Gasteiger partial charge is 0.772 e. The Morgan fingerprint density at radius 1 is 1.53 bits per heavy atom. The van der Waals surface area contributed by atoms with Crippen LogP contribution in [0.15, 0.2) is 6.20 Å². The van der Waals surface area contributed by atoms with Gasteiger partial charge in [-0.25, -0.2) is 0 Å². The molecule has 1 rings (SSSR count). The molecule has 4 nitrogen and oxygen atoms in total. The molecule has 1 unspecified atom stereocenters. The summed E-state index contributed by atoms with van der Waals surface area (Å²) in [4.78, 5) is 4.05. The molecule has 0 aliphatic carbocycles. The molecule has 78 valence electrons. The van der Waals surface area contributed by atoms with Gasteiger partial charge in [-0.2, -0.15) is 0 Å². The predicted octanol–water partition coefficient (Wildman–Crippen LogP) is -1.91. The van der Waals surface area contributed by atoms with E-state index >= 15 is 0 Å². The van der Waals surface area contributed by atoms with Gasteiger partial charge in [0.05, 0.1) is 18.6 Å². The molecular formula is C9H12NNaO3S. The predicted molar refractivity (Wildman–Crippen MR) is 52.9 cm³/mol. The van der Waals surface area contributed by atoms with Gasteiger partial charge < -0.3 is 9.29 Å². The molecule has 0 saturated heterocycles. The number of ether oxygens (including phenoxy) is 1. The fourth-order valence-electron chi connectivity index (χ4n) is 1.33. The third-order valence-corrected chi connectivity index (χ3v) is 2.51. The first-order chi connectivity index (χ1) is 6.56. The van der Waals surface area contributed by atoms with E-state index in [2.05, 4.69) is 4.98 Å². The van der Waals surface area contributed by atoms with E-state index in [0.717, 1.165) is 11.1 Å². The fraction of sp³-hybridized carbons (Fsp3) is 0.444. The van der Waals surface area contributed by atoms with Crippen LogP contribution in [-0.4, -0.2) is 20.9 Å². The zero-order chi connectivity index (χ0) is 10.7. The average molecular weight is 237 g/mol. The normalized spacial score (nSPS) is 11.7. The average Bonchev–Trinajstić information content (AvgIpc) is 2.10. The van der Waals surface area contributed by atoms with Gasteiger partial charge in [0.1, 0.15) is 5.75 Å². The van der Waals surface area contributed by atoms with Crippen molar-refractivity contribution in [3.8, 4) is 5.75 Å². The zero-order valence-electron chi connectivity index (χ0n) is 9.36. The summed E-state index contributed by atoms with van der Waals surface area (Å²) in [5.41, 5.74) is 2.24. The molecule has 15 heavy (non-hydrogen) atoms. The van der Waals surface area contributed by atoms with Gasteiger partial charge in [-0.3, -0.25) is 9.19 Å². The van der Waals surface area contributed by atoms with Crippen LogP contribution in [0.1, 0.15) is 16.8 Å². The molecule has 6 heteroatoms. The van der Waals surface area contributed by atoms with Crippen molar-refractivity contribution in [1.82, 2.24) is 4.98 Å². The molecule has 0 aliphatic rings. The molecule has 0 fully saturated rings. The maximum Gasteiger partial charge on any atom is 1.00 e. The number of pyridine rings is 1. The molecule has 0 saturated carbocycles. The molecule has 1 aromatic rings. The first-order valence-corrected chi connectivity index (χ1v) is 5.35. The molecule has 0 radical (unpaired) electrons. The molecule has 0 spiro atoms. The summed E-state index contributed by atoms with van der Waals surface area (Å²) in [5.74, 6) is 0.642. The SMILES string of the molecule is COc1c(C)cnc(CS(=O)[O-])c1C.[Na+]. The quantitative estimate of drug-likeness (QED) is 0.454. The standard InChI is InChI=1S/C9H13NO3S.Na/c1-6-4-10-8(5-14(11)12)7(2)9(6)13-3;/h4H,5H2,1-3H3,(H,11,12);/q;+1/p-1. The summed E-state index contributed by atoms with van der Waals surface area (Å²) in [5, 5.41) is 0. The summed E-state index contributed by atoms with van der Waals surface area (Å²) in [6.45, 7) is 3.68. The largest absolute Gasteiger partial charge is 1.00 e. The molecule has 1 aromatic heterocycles. The number of nitrogens with zero attached hydrogens (tertiary/aromatic N) is 1. The van der Waals surface area contributed by atoms with Gasteiger partial charge in [-0.15, -0.1) is 0 Å². The first-order valence-electron chi connectivity index (χ1n) is 4.11. The van der Waals surface area contributed by atoms with Gasteiger partial charge in [0.15, 0.2) is 0 Å². The van der Waals surface area contributed by atoms with Crippen LogP contribution in [0.25, 0.3) is 0 Å². The van der Waals surface area contributed by atoms with Crippen LogP contribution in [0.5, 0.6) is 5.75 Å². The Balaban J connectivity index is 0.00000196. The van der Waals surface area contributed by atoms with Crippen LogP contribution in [0.2, 0.25) is 0 Å². The number of aromatic nitrogens is 1. The van der Waals surface area contributed by atoms with E-state index in [-0.39, 0.29) is 35.3 Å². The minimum absolute atomic E-state index is 0. The van der Waals surface area contributed by atoms with Crippen molar-refractivity contribution in [2.75, 3.05) is 7.11 Å². The van der Waals surface area contributed by atoms with Crippen LogP contribution < -0.4 is 34.3 Å². The van der Waals surface area contributed by atoms with Crippen LogP contribution in [0.3, 0.4) is 0 Å².